The number of amides is 2. The zero-order chi connectivity index (χ0) is 17.8. The van der Waals surface area contributed by atoms with Crippen molar-refractivity contribution in [1.82, 2.24) is 10.2 Å². The SMILES string of the molecule is C[C@H](CC(=O)N1CCC[C@@H](C(F)(F)F)C1)NC(=O)OC(C)(C)C. The Kier molecular flexibility index (Phi) is 6.30. The van der Waals surface area contributed by atoms with Crippen molar-refractivity contribution < 1.29 is 27.5 Å². The number of ether oxygens (including phenoxy) is 1. The molecule has 1 heterocycles. The van der Waals surface area contributed by atoms with Gasteiger partial charge < -0.3 is 15.0 Å². The molecule has 134 valence electrons. The first-order chi connectivity index (χ1) is 10.4. The van der Waals surface area contributed by atoms with Gasteiger partial charge in [-0.3, -0.25) is 4.79 Å². The Morgan fingerprint density at radius 2 is 1.91 bits per heavy atom. The number of carbonyl (C=O) groups is 2. The van der Waals surface area contributed by atoms with Crippen LogP contribution in [0.25, 0.3) is 0 Å². The third-order valence-electron chi connectivity index (χ3n) is 3.48. The number of alkyl halides is 3. The molecule has 0 saturated carbocycles. The van der Waals surface area contributed by atoms with Crippen LogP contribution in [-0.2, 0) is 9.53 Å². The van der Waals surface area contributed by atoms with E-state index in [1.165, 1.54) is 4.90 Å². The lowest BCUT2D eigenvalue weighted by Gasteiger charge is -2.34. The lowest BCUT2D eigenvalue weighted by atomic mass is 9.97. The maximum atomic E-state index is 12.8. The van der Waals surface area contributed by atoms with Crippen LogP contribution in [0.4, 0.5) is 18.0 Å². The average molecular weight is 338 g/mol. The predicted molar refractivity (Wildman–Crippen MR) is 78.8 cm³/mol. The standard InChI is InChI=1S/C15H25F3N2O3/c1-10(19-13(22)23-14(2,3)4)8-12(21)20-7-5-6-11(9-20)15(16,17)18/h10-11H,5-9H2,1-4H3,(H,19,22)/t10-,11-/m1/s1. The third kappa shape index (κ3) is 7.09. The molecule has 5 nitrogen and oxygen atoms in total. The van der Waals surface area contributed by atoms with Crippen LogP contribution in [0.5, 0.6) is 0 Å². The zero-order valence-electron chi connectivity index (χ0n) is 14.0. The van der Waals surface area contributed by atoms with Gasteiger partial charge in [-0.25, -0.2) is 4.79 Å². The second-order valence-electron chi connectivity index (χ2n) is 6.97. The number of alkyl carbamates (subject to hydrolysis) is 1. The summed E-state index contributed by atoms with van der Waals surface area (Å²) in [7, 11) is 0. The van der Waals surface area contributed by atoms with E-state index < -0.39 is 29.8 Å². The van der Waals surface area contributed by atoms with Gasteiger partial charge in [0.1, 0.15) is 5.60 Å². The molecule has 23 heavy (non-hydrogen) atoms. The summed E-state index contributed by atoms with van der Waals surface area (Å²) in [5, 5.41) is 2.52. The predicted octanol–water partition coefficient (Wildman–Crippen LogP) is 3.09. The fourth-order valence-corrected chi connectivity index (χ4v) is 2.42. The minimum absolute atomic E-state index is 0.0518. The maximum absolute atomic E-state index is 12.8. The molecule has 2 atom stereocenters. The minimum Gasteiger partial charge on any atom is -0.444 e. The van der Waals surface area contributed by atoms with E-state index in [0.29, 0.717) is 13.0 Å². The zero-order valence-corrected chi connectivity index (χ0v) is 14.0. The molecular weight excluding hydrogens is 313 g/mol. The van der Waals surface area contributed by atoms with E-state index in [-0.39, 0.29) is 25.3 Å². The summed E-state index contributed by atoms with van der Waals surface area (Å²) in [6.45, 7) is 6.79. The van der Waals surface area contributed by atoms with Crippen molar-refractivity contribution in [3.63, 3.8) is 0 Å². The Bertz CT molecular complexity index is 433. The summed E-state index contributed by atoms with van der Waals surface area (Å²) in [6, 6.07) is -0.511. The summed E-state index contributed by atoms with van der Waals surface area (Å²) in [4.78, 5) is 24.9. The normalized spacial score (nSPS) is 20.8. The Morgan fingerprint density at radius 3 is 2.43 bits per heavy atom. The van der Waals surface area contributed by atoms with Crippen LogP contribution >= 0.6 is 0 Å². The second-order valence-corrected chi connectivity index (χ2v) is 6.97. The number of nitrogens with one attached hydrogen (secondary N) is 1. The molecular formula is C15H25F3N2O3. The van der Waals surface area contributed by atoms with E-state index >= 15 is 0 Å². The molecule has 1 aliphatic rings. The molecule has 1 fully saturated rings. The van der Waals surface area contributed by atoms with Gasteiger partial charge >= 0.3 is 12.3 Å². The monoisotopic (exact) mass is 338 g/mol. The van der Waals surface area contributed by atoms with Crippen LogP contribution in [0, 0.1) is 5.92 Å². The number of hydrogen-bond acceptors (Lipinski definition) is 3. The summed E-state index contributed by atoms with van der Waals surface area (Å²) < 4.78 is 43.3. The summed E-state index contributed by atoms with van der Waals surface area (Å²) in [5.41, 5.74) is -0.652. The molecule has 0 aromatic carbocycles. The summed E-state index contributed by atoms with van der Waals surface area (Å²) in [5.74, 6) is -1.85. The van der Waals surface area contributed by atoms with Crippen LogP contribution < -0.4 is 5.32 Å². The fourth-order valence-electron chi connectivity index (χ4n) is 2.42. The smallest absolute Gasteiger partial charge is 0.407 e. The molecule has 1 aliphatic heterocycles. The first-order valence-electron chi connectivity index (χ1n) is 7.72. The van der Waals surface area contributed by atoms with Crippen molar-refractivity contribution in [3.8, 4) is 0 Å². The Labute approximate surface area is 134 Å². The minimum atomic E-state index is -4.28. The van der Waals surface area contributed by atoms with Gasteiger partial charge in [0.05, 0.1) is 5.92 Å². The lowest BCUT2D eigenvalue weighted by molar-refractivity contribution is -0.188. The molecule has 1 N–H and O–H groups in total. The number of nitrogens with zero attached hydrogens (tertiary/aromatic N) is 1. The number of piperidine rings is 1. The number of rotatable bonds is 3. The highest BCUT2D eigenvalue weighted by Crippen LogP contribution is 2.33. The van der Waals surface area contributed by atoms with Crippen molar-refractivity contribution in [1.29, 1.82) is 0 Å². The molecule has 0 aromatic rings. The third-order valence-corrected chi connectivity index (χ3v) is 3.48. The lowest BCUT2D eigenvalue weighted by Crippen LogP contribution is -2.47. The van der Waals surface area contributed by atoms with E-state index in [4.69, 9.17) is 4.74 Å². The quantitative estimate of drug-likeness (QED) is 0.860. The fraction of sp³-hybridized carbons (Fsp3) is 0.867. The molecule has 0 radical (unpaired) electrons. The summed E-state index contributed by atoms with van der Waals surface area (Å²) in [6.07, 6.45) is -4.59. The van der Waals surface area contributed by atoms with Gasteiger partial charge in [0.15, 0.2) is 0 Å². The molecule has 0 aromatic heterocycles. The van der Waals surface area contributed by atoms with Crippen molar-refractivity contribution in [2.24, 2.45) is 5.92 Å². The highest BCUT2D eigenvalue weighted by molar-refractivity contribution is 5.78. The van der Waals surface area contributed by atoms with E-state index in [9.17, 15) is 22.8 Å². The first-order valence-corrected chi connectivity index (χ1v) is 7.72. The largest absolute Gasteiger partial charge is 0.444 e. The second kappa shape index (κ2) is 7.40. The van der Waals surface area contributed by atoms with Crippen molar-refractivity contribution in [2.45, 2.75) is 64.8 Å². The van der Waals surface area contributed by atoms with Gasteiger partial charge in [-0.05, 0) is 40.5 Å². The van der Waals surface area contributed by atoms with E-state index in [1.807, 2.05) is 0 Å². The Hall–Kier alpha value is -1.47. The number of halogens is 3. The van der Waals surface area contributed by atoms with Gasteiger partial charge in [-0.1, -0.05) is 0 Å². The molecule has 1 saturated heterocycles. The average Bonchev–Trinajstić information content (AvgIpc) is 2.35. The summed E-state index contributed by atoms with van der Waals surface area (Å²) >= 11 is 0. The topological polar surface area (TPSA) is 58.6 Å². The highest BCUT2D eigenvalue weighted by atomic mass is 19.4. The van der Waals surface area contributed by atoms with E-state index in [2.05, 4.69) is 5.32 Å². The van der Waals surface area contributed by atoms with Gasteiger partial charge in [0.25, 0.3) is 0 Å². The number of hydrogen-bond donors (Lipinski definition) is 1. The molecule has 8 heteroatoms. The Morgan fingerprint density at radius 1 is 1.30 bits per heavy atom. The van der Waals surface area contributed by atoms with Crippen LogP contribution in [0.1, 0.15) is 47.0 Å². The van der Waals surface area contributed by atoms with Crippen molar-refractivity contribution >= 4 is 12.0 Å². The number of carbonyl (C=O) groups excluding carboxylic acids is 2. The number of likely N-dealkylation sites (tertiary alicyclic amines) is 1. The maximum Gasteiger partial charge on any atom is 0.407 e. The van der Waals surface area contributed by atoms with Crippen LogP contribution in [-0.4, -0.2) is 47.8 Å². The van der Waals surface area contributed by atoms with Gasteiger partial charge in [0.2, 0.25) is 5.91 Å². The van der Waals surface area contributed by atoms with Crippen LogP contribution in [0.3, 0.4) is 0 Å². The van der Waals surface area contributed by atoms with Crippen LogP contribution in [0.15, 0.2) is 0 Å². The highest BCUT2D eigenvalue weighted by Gasteiger charge is 2.42. The molecule has 0 aliphatic carbocycles. The van der Waals surface area contributed by atoms with E-state index in [1.54, 1.807) is 27.7 Å². The molecule has 1 rings (SSSR count). The van der Waals surface area contributed by atoms with E-state index in [0.717, 1.165) is 0 Å². The Balaban J connectivity index is 2.47. The van der Waals surface area contributed by atoms with Gasteiger partial charge in [-0.15, -0.1) is 0 Å². The van der Waals surface area contributed by atoms with Gasteiger partial charge in [-0.2, -0.15) is 13.2 Å². The van der Waals surface area contributed by atoms with Crippen LogP contribution in [0.2, 0.25) is 0 Å². The van der Waals surface area contributed by atoms with Crippen molar-refractivity contribution in [3.05, 3.63) is 0 Å². The first kappa shape index (κ1) is 19.6. The van der Waals surface area contributed by atoms with Gasteiger partial charge in [0, 0.05) is 25.6 Å². The van der Waals surface area contributed by atoms with Crippen molar-refractivity contribution in [2.75, 3.05) is 13.1 Å². The molecule has 2 amide bonds. The molecule has 0 unspecified atom stereocenters. The molecule has 0 bridgehead atoms. The molecule has 0 spiro atoms.